The molecular formula is C8H13ClN2O2. The first kappa shape index (κ1) is 10.3. The van der Waals surface area contributed by atoms with Crippen molar-refractivity contribution in [2.45, 2.75) is 32.6 Å². The van der Waals surface area contributed by atoms with Gasteiger partial charge in [-0.05, 0) is 16.7 Å². The average molecular weight is 205 g/mol. The zero-order valence-electron chi connectivity index (χ0n) is 7.62. The Morgan fingerprint density at radius 3 is 2.77 bits per heavy atom. The lowest BCUT2D eigenvalue weighted by Gasteiger charge is -2.00. The van der Waals surface area contributed by atoms with Gasteiger partial charge in [-0.1, -0.05) is 37.8 Å². The molecule has 74 valence electrons. The Kier molecular flexibility index (Phi) is 4.60. The Balaban J connectivity index is 2.10. The number of halogens is 1. The van der Waals surface area contributed by atoms with E-state index in [1.807, 2.05) is 0 Å². The highest BCUT2D eigenvalue weighted by Crippen LogP contribution is 2.18. The van der Waals surface area contributed by atoms with Crippen molar-refractivity contribution in [3.63, 3.8) is 0 Å². The third kappa shape index (κ3) is 3.63. The summed E-state index contributed by atoms with van der Waals surface area (Å²) in [7, 11) is 0. The molecule has 0 aliphatic carbocycles. The maximum atomic E-state index is 5.59. The summed E-state index contributed by atoms with van der Waals surface area (Å²) < 4.78 is 9.59. The van der Waals surface area contributed by atoms with E-state index in [-0.39, 0.29) is 11.0 Å². The van der Waals surface area contributed by atoms with Gasteiger partial charge in [-0.25, -0.2) is 4.63 Å². The van der Waals surface area contributed by atoms with Crippen molar-refractivity contribution in [1.29, 1.82) is 0 Å². The molecule has 1 aromatic rings. The lowest BCUT2D eigenvalue weighted by Crippen LogP contribution is -1.97. The Labute approximate surface area is 82.2 Å². The van der Waals surface area contributed by atoms with E-state index in [0.29, 0.717) is 6.61 Å². The monoisotopic (exact) mass is 204 g/mol. The Morgan fingerprint density at radius 1 is 1.31 bits per heavy atom. The van der Waals surface area contributed by atoms with Gasteiger partial charge in [0, 0.05) is 0 Å². The summed E-state index contributed by atoms with van der Waals surface area (Å²) >= 11 is 5.59. The van der Waals surface area contributed by atoms with Crippen LogP contribution in [0.2, 0.25) is 5.15 Å². The number of ether oxygens (including phenoxy) is 1. The van der Waals surface area contributed by atoms with Crippen molar-refractivity contribution in [2.24, 2.45) is 0 Å². The van der Waals surface area contributed by atoms with Crippen LogP contribution in [0, 0.1) is 0 Å². The van der Waals surface area contributed by atoms with E-state index in [1.54, 1.807) is 0 Å². The summed E-state index contributed by atoms with van der Waals surface area (Å²) in [6.45, 7) is 2.78. The van der Waals surface area contributed by atoms with Crippen molar-refractivity contribution < 1.29 is 9.37 Å². The van der Waals surface area contributed by atoms with Crippen LogP contribution in [0.5, 0.6) is 5.88 Å². The molecule has 0 amide bonds. The quantitative estimate of drug-likeness (QED) is 0.669. The minimum atomic E-state index is 0.190. The van der Waals surface area contributed by atoms with Gasteiger partial charge in [0.15, 0.2) is 0 Å². The SMILES string of the molecule is CCCCCCOc1nonc1Cl. The highest BCUT2D eigenvalue weighted by molar-refractivity contribution is 6.30. The second-order valence-electron chi connectivity index (χ2n) is 2.77. The first-order valence-corrected chi connectivity index (χ1v) is 4.83. The molecule has 0 aliphatic heterocycles. The van der Waals surface area contributed by atoms with Gasteiger partial charge >= 0.3 is 0 Å². The van der Waals surface area contributed by atoms with E-state index in [0.717, 1.165) is 6.42 Å². The van der Waals surface area contributed by atoms with E-state index in [1.165, 1.54) is 19.3 Å². The molecule has 1 rings (SSSR count). The van der Waals surface area contributed by atoms with Crippen molar-refractivity contribution in [3.05, 3.63) is 5.15 Å². The molecule has 1 aromatic heterocycles. The lowest BCUT2D eigenvalue weighted by molar-refractivity contribution is 0.251. The van der Waals surface area contributed by atoms with Gasteiger partial charge in [0.1, 0.15) is 0 Å². The summed E-state index contributed by atoms with van der Waals surface area (Å²) in [6, 6.07) is 0. The number of nitrogens with zero attached hydrogens (tertiary/aromatic N) is 2. The van der Waals surface area contributed by atoms with Crippen LogP contribution in [0.4, 0.5) is 0 Å². The van der Waals surface area contributed by atoms with E-state index in [9.17, 15) is 0 Å². The number of hydrogen-bond acceptors (Lipinski definition) is 4. The van der Waals surface area contributed by atoms with Crippen LogP contribution in [0.25, 0.3) is 0 Å². The molecule has 0 aliphatic rings. The van der Waals surface area contributed by atoms with Crippen LogP contribution in [-0.2, 0) is 0 Å². The van der Waals surface area contributed by atoms with Crippen LogP contribution in [0.3, 0.4) is 0 Å². The predicted molar refractivity (Wildman–Crippen MR) is 48.9 cm³/mol. The predicted octanol–water partition coefficient (Wildman–Crippen LogP) is 2.68. The zero-order chi connectivity index (χ0) is 9.52. The van der Waals surface area contributed by atoms with Gasteiger partial charge in [-0.15, -0.1) is 0 Å². The minimum absolute atomic E-state index is 0.190. The highest BCUT2D eigenvalue weighted by Gasteiger charge is 2.06. The molecule has 5 heteroatoms. The molecule has 0 bridgehead atoms. The molecule has 4 nitrogen and oxygen atoms in total. The van der Waals surface area contributed by atoms with E-state index < -0.39 is 0 Å². The number of aromatic nitrogens is 2. The summed E-state index contributed by atoms with van der Waals surface area (Å²) in [5, 5.41) is 7.07. The molecule has 0 saturated heterocycles. The summed E-state index contributed by atoms with van der Waals surface area (Å²) in [4.78, 5) is 0. The van der Waals surface area contributed by atoms with Gasteiger partial charge in [-0.3, -0.25) is 0 Å². The fourth-order valence-corrected chi connectivity index (χ4v) is 1.07. The van der Waals surface area contributed by atoms with Crippen molar-refractivity contribution in [3.8, 4) is 5.88 Å². The molecule has 0 radical (unpaired) electrons. The van der Waals surface area contributed by atoms with Gasteiger partial charge in [0.25, 0.3) is 5.88 Å². The van der Waals surface area contributed by atoms with Crippen LogP contribution >= 0.6 is 11.6 Å². The lowest BCUT2D eigenvalue weighted by atomic mass is 10.2. The zero-order valence-corrected chi connectivity index (χ0v) is 8.38. The molecule has 0 spiro atoms. The highest BCUT2D eigenvalue weighted by atomic mass is 35.5. The topological polar surface area (TPSA) is 48.2 Å². The number of rotatable bonds is 6. The average Bonchev–Trinajstić information content (AvgIpc) is 2.52. The molecule has 0 fully saturated rings. The third-order valence-electron chi connectivity index (χ3n) is 1.66. The standard InChI is InChI=1S/C8H13ClN2O2/c1-2-3-4-5-6-12-8-7(9)10-13-11-8/h2-6H2,1H3. The van der Waals surface area contributed by atoms with Crippen molar-refractivity contribution in [1.82, 2.24) is 10.3 Å². The van der Waals surface area contributed by atoms with Gasteiger partial charge < -0.3 is 4.74 Å². The number of unbranched alkanes of at least 4 members (excludes halogenated alkanes) is 3. The molecule has 13 heavy (non-hydrogen) atoms. The Morgan fingerprint density at radius 2 is 2.15 bits per heavy atom. The minimum Gasteiger partial charge on any atom is -0.473 e. The van der Waals surface area contributed by atoms with Gasteiger partial charge in [0.2, 0.25) is 5.15 Å². The van der Waals surface area contributed by atoms with Gasteiger partial charge in [0.05, 0.1) is 6.61 Å². The van der Waals surface area contributed by atoms with Crippen molar-refractivity contribution in [2.75, 3.05) is 6.61 Å². The maximum absolute atomic E-state index is 5.59. The second-order valence-corrected chi connectivity index (χ2v) is 3.13. The molecule has 1 heterocycles. The fraction of sp³-hybridized carbons (Fsp3) is 0.750. The van der Waals surface area contributed by atoms with Crippen LogP contribution < -0.4 is 4.74 Å². The maximum Gasteiger partial charge on any atom is 0.295 e. The van der Waals surface area contributed by atoms with E-state index >= 15 is 0 Å². The molecule has 0 atom stereocenters. The third-order valence-corrected chi connectivity index (χ3v) is 1.89. The molecular weight excluding hydrogens is 192 g/mol. The van der Waals surface area contributed by atoms with Crippen molar-refractivity contribution >= 4 is 11.6 Å². The molecule has 0 saturated carbocycles. The second kappa shape index (κ2) is 5.80. The van der Waals surface area contributed by atoms with Crippen LogP contribution in [-0.4, -0.2) is 16.9 Å². The normalized spacial score (nSPS) is 10.3. The van der Waals surface area contributed by atoms with Crippen LogP contribution in [0.15, 0.2) is 4.63 Å². The molecule has 0 aromatic carbocycles. The first-order valence-electron chi connectivity index (χ1n) is 4.45. The Bertz CT molecular complexity index is 240. The molecule has 0 unspecified atom stereocenters. The van der Waals surface area contributed by atoms with E-state index in [2.05, 4.69) is 21.9 Å². The largest absolute Gasteiger partial charge is 0.473 e. The first-order chi connectivity index (χ1) is 6.34. The summed E-state index contributed by atoms with van der Waals surface area (Å²) in [5.41, 5.74) is 0. The number of hydrogen-bond donors (Lipinski definition) is 0. The van der Waals surface area contributed by atoms with Crippen LogP contribution in [0.1, 0.15) is 32.6 Å². The fourth-order valence-electron chi connectivity index (χ4n) is 0.954. The summed E-state index contributed by atoms with van der Waals surface area (Å²) in [6.07, 6.45) is 4.62. The smallest absolute Gasteiger partial charge is 0.295 e. The summed E-state index contributed by atoms with van der Waals surface area (Å²) in [5.74, 6) is 0.290. The Hall–Kier alpha value is -0.770. The van der Waals surface area contributed by atoms with E-state index in [4.69, 9.17) is 16.3 Å². The van der Waals surface area contributed by atoms with Gasteiger partial charge in [-0.2, -0.15) is 0 Å². The molecule has 0 N–H and O–H groups in total.